The number of nitrogens with one attached hydrogen (secondary N) is 1. The van der Waals surface area contributed by atoms with E-state index >= 15 is 0 Å². The van der Waals surface area contributed by atoms with Crippen LogP contribution in [-0.2, 0) is 6.42 Å². The molecule has 0 spiro atoms. The van der Waals surface area contributed by atoms with Crippen molar-refractivity contribution in [3.63, 3.8) is 0 Å². The minimum atomic E-state index is 0.636. The van der Waals surface area contributed by atoms with Gasteiger partial charge in [-0.25, -0.2) is 19.9 Å². The molecule has 1 fully saturated rings. The molecule has 0 saturated heterocycles. The van der Waals surface area contributed by atoms with Gasteiger partial charge in [0.15, 0.2) is 0 Å². The molecule has 6 heteroatoms. The van der Waals surface area contributed by atoms with Gasteiger partial charge < -0.3 is 10.2 Å². The van der Waals surface area contributed by atoms with Gasteiger partial charge in [-0.3, -0.25) is 0 Å². The molecule has 1 aliphatic carbocycles. The predicted molar refractivity (Wildman–Crippen MR) is 153 cm³/mol. The molecule has 0 radical (unpaired) electrons. The molecule has 1 aliphatic heterocycles. The Kier molecular flexibility index (Phi) is 5.93. The summed E-state index contributed by atoms with van der Waals surface area (Å²) in [6, 6.07) is 26.3. The molecule has 0 atom stereocenters. The molecule has 2 aliphatic rings. The maximum absolute atomic E-state index is 5.00. The van der Waals surface area contributed by atoms with Crippen molar-refractivity contribution in [3.05, 3.63) is 97.1 Å². The van der Waals surface area contributed by atoms with Crippen molar-refractivity contribution in [2.24, 2.45) is 5.92 Å². The average Bonchev–Trinajstić information content (AvgIpc) is 3.42. The van der Waals surface area contributed by atoms with E-state index in [9.17, 15) is 0 Å². The van der Waals surface area contributed by atoms with Gasteiger partial charge in [0.25, 0.3) is 0 Å². The molecule has 2 aromatic heterocycles. The zero-order valence-corrected chi connectivity index (χ0v) is 21.3. The number of nitrogens with zero attached hydrogens (tertiary/aromatic N) is 5. The van der Waals surface area contributed by atoms with Gasteiger partial charge in [-0.15, -0.1) is 0 Å². The number of para-hydroxylation sites is 4. The number of anilines is 2. The summed E-state index contributed by atoms with van der Waals surface area (Å²) in [6.07, 6.45) is 11.3. The van der Waals surface area contributed by atoms with Crippen molar-refractivity contribution in [1.29, 1.82) is 0 Å². The van der Waals surface area contributed by atoms with Crippen molar-refractivity contribution < 1.29 is 0 Å². The molecule has 0 amide bonds. The molecular formula is C32H30N6. The Morgan fingerprint density at radius 3 is 2.11 bits per heavy atom. The van der Waals surface area contributed by atoms with Crippen LogP contribution in [0.15, 0.2) is 91.5 Å². The maximum atomic E-state index is 5.00. The van der Waals surface area contributed by atoms with E-state index < -0.39 is 0 Å². The third-order valence-electron chi connectivity index (χ3n) is 8.07. The molecule has 0 bridgehead atoms. The average molecular weight is 499 g/mol. The molecule has 3 aromatic carbocycles. The molecule has 5 aromatic rings. The van der Waals surface area contributed by atoms with Crippen LogP contribution in [0.1, 0.15) is 31.2 Å². The fraction of sp³-hybridized carbons (Fsp3) is 0.250. The third-order valence-corrected chi connectivity index (χ3v) is 8.07. The minimum Gasteiger partial charge on any atom is -0.366 e. The van der Waals surface area contributed by atoms with E-state index in [0.29, 0.717) is 6.04 Å². The van der Waals surface area contributed by atoms with E-state index in [0.717, 1.165) is 52.6 Å². The van der Waals surface area contributed by atoms with Crippen LogP contribution in [0.4, 0.5) is 11.4 Å². The smallest absolute Gasteiger partial charge is 0.115 e. The summed E-state index contributed by atoms with van der Waals surface area (Å²) in [6.45, 7) is 0.935. The van der Waals surface area contributed by atoms with Crippen LogP contribution in [-0.4, -0.2) is 32.6 Å². The highest BCUT2D eigenvalue weighted by molar-refractivity contribution is 5.85. The zero-order chi connectivity index (χ0) is 25.3. The Hall–Kier alpha value is -4.32. The monoisotopic (exact) mass is 498 g/mol. The lowest BCUT2D eigenvalue weighted by atomic mass is 9.81. The lowest BCUT2D eigenvalue weighted by Crippen LogP contribution is -2.38. The fourth-order valence-corrected chi connectivity index (χ4v) is 6.07. The second kappa shape index (κ2) is 9.86. The van der Waals surface area contributed by atoms with Gasteiger partial charge in [0.05, 0.1) is 34.8 Å². The van der Waals surface area contributed by atoms with Gasteiger partial charge in [-0.1, -0.05) is 48.5 Å². The van der Waals surface area contributed by atoms with E-state index in [4.69, 9.17) is 9.97 Å². The molecule has 38 heavy (non-hydrogen) atoms. The van der Waals surface area contributed by atoms with Gasteiger partial charge in [0.2, 0.25) is 0 Å². The van der Waals surface area contributed by atoms with Crippen LogP contribution >= 0.6 is 0 Å². The molecule has 188 valence electrons. The molecule has 1 N–H and O–H groups in total. The highest BCUT2D eigenvalue weighted by atomic mass is 15.3. The van der Waals surface area contributed by atoms with Crippen LogP contribution in [0.5, 0.6) is 0 Å². The molecule has 7 rings (SSSR count). The van der Waals surface area contributed by atoms with Crippen LogP contribution in [0.25, 0.3) is 33.5 Å². The van der Waals surface area contributed by atoms with Crippen molar-refractivity contribution in [1.82, 2.24) is 19.9 Å². The Labute approximate surface area is 222 Å². The first-order valence-electron chi connectivity index (χ1n) is 13.5. The summed E-state index contributed by atoms with van der Waals surface area (Å²) in [5.41, 5.74) is 9.41. The van der Waals surface area contributed by atoms with Gasteiger partial charge >= 0.3 is 0 Å². The Morgan fingerprint density at radius 2 is 1.37 bits per heavy atom. The number of aromatic nitrogens is 4. The molecule has 1 saturated carbocycles. The van der Waals surface area contributed by atoms with Gasteiger partial charge in [0.1, 0.15) is 12.0 Å². The Bertz CT molecular complexity index is 1560. The molecule has 6 nitrogen and oxygen atoms in total. The SMILES string of the molecule is c1ccc2c(c1)NCN2C1CCC(Cc2ccc(-c3nc4ccccc4nc3-c3cncnc3)cc2)CC1. The van der Waals surface area contributed by atoms with Crippen LogP contribution in [0.2, 0.25) is 0 Å². The second-order valence-corrected chi connectivity index (χ2v) is 10.4. The van der Waals surface area contributed by atoms with E-state index in [1.807, 2.05) is 24.3 Å². The van der Waals surface area contributed by atoms with Crippen molar-refractivity contribution >= 4 is 22.4 Å². The molecule has 0 unspecified atom stereocenters. The first kappa shape index (κ1) is 22.8. The normalized spacial score (nSPS) is 18.8. The Balaban J connectivity index is 1.07. The highest BCUT2D eigenvalue weighted by Crippen LogP contribution is 2.38. The summed E-state index contributed by atoms with van der Waals surface area (Å²) in [5.74, 6) is 0.736. The van der Waals surface area contributed by atoms with Gasteiger partial charge in [-0.2, -0.15) is 0 Å². The van der Waals surface area contributed by atoms with Crippen LogP contribution < -0.4 is 10.2 Å². The Morgan fingerprint density at radius 1 is 0.711 bits per heavy atom. The number of fused-ring (bicyclic) bond motifs is 2. The minimum absolute atomic E-state index is 0.636. The molecule has 3 heterocycles. The van der Waals surface area contributed by atoms with Crippen LogP contribution in [0.3, 0.4) is 0 Å². The summed E-state index contributed by atoms with van der Waals surface area (Å²) in [7, 11) is 0. The maximum Gasteiger partial charge on any atom is 0.115 e. The predicted octanol–water partition coefficient (Wildman–Crippen LogP) is 6.74. The number of benzene rings is 3. The zero-order valence-electron chi connectivity index (χ0n) is 21.3. The summed E-state index contributed by atoms with van der Waals surface area (Å²) >= 11 is 0. The first-order valence-corrected chi connectivity index (χ1v) is 13.5. The largest absolute Gasteiger partial charge is 0.366 e. The lowest BCUT2D eigenvalue weighted by Gasteiger charge is -2.35. The quantitative estimate of drug-likeness (QED) is 0.289. The van der Waals surface area contributed by atoms with Crippen LogP contribution in [0, 0.1) is 5.92 Å². The number of rotatable bonds is 5. The lowest BCUT2D eigenvalue weighted by molar-refractivity contribution is 0.316. The van der Waals surface area contributed by atoms with E-state index in [1.54, 1.807) is 18.7 Å². The third kappa shape index (κ3) is 4.36. The van der Waals surface area contributed by atoms with Gasteiger partial charge in [0, 0.05) is 29.6 Å². The van der Waals surface area contributed by atoms with Crippen molar-refractivity contribution in [2.45, 2.75) is 38.1 Å². The fourth-order valence-electron chi connectivity index (χ4n) is 6.07. The molecular weight excluding hydrogens is 468 g/mol. The van der Waals surface area contributed by atoms with E-state index in [-0.39, 0.29) is 0 Å². The standard InChI is InChI=1S/C32H30N6/c1-2-6-28-27(5-1)36-31(32(37-28)25-18-33-20-34-19-25)24-13-9-22(10-14-24)17-23-11-15-26(16-12-23)38-21-35-29-7-3-4-8-30(29)38/h1-10,13-14,18-20,23,26,35H,11-12,15-17,21H2. The van der Waals surface area contributed by atoms with E-state index in [2.05, 4.69) is 68.7 Å². The van der Waals surface area contributed by atoms with Crippen molar-refractivity contribution in [3.8, 4) is 22.5 Å². The van der Waals surface area contributed by atoms with Gasteiger partial charge in [-0.05, 0) is 67.9 Å². The second-order valence-electron chi connectivity index (χ2n) is 10.4. The summed E-state index contributed by atoms with van der Waals surface area (Å²) in [5, 5.41) is 3.55. The van der Waals surface area contributed by atoms with E-state index in [1.165, 1.54) is 42.6 Å². The summed E-state index contributed by atoms with van der Waals surface area (Å²) in [4.78, 5) is 20.9. The summed E-state index contributed by atoms with van der Waals surface area (Å²) < 4.78 is 0. The first-order chi connectivity index (χ1) is 18.8. The topological polar surface area (TPSA) is 66.8 Å². The highest BCUT2D eigenvalue weighted by Gasteiger charge is 2.29. The van der Waals surface area contributed by atoms with Crippen molar-refractivity contribution in [2.75, 3.05) is 16.9 Å². The number of hydrogen-bond donors (Lipinski definition) is 1. The number of hydrogen-bond acceptors (Lipinski definition) is 6.